The van der Waals surface area contributed by atoms with E-state index in [0.717, 1.165) is 57.9 Å². The van der Waals surface area contributed by atoms with Crippen LogP contribution in [0.4, 0.5) is 5.13 Å². The number of aryl methyl sites for hydroxylation is 1. The Hall–Kier alpha value is -3.36. The van der Waals surface area contributed by atoms with Gasteiger partial charge >= 0.3 is 7.60 Å². The van der Waals surface area contributed by atoms with Crippen LogP contribution in [-0.2, 0) is 39.0 Å². The van der Waals surface area contributed by atoms with Crippen molar-refractivity contribution in [1.82, 2.24) is 9.55 Å². The van der Waals surface area contributed by atoms with E-state index >= 15 is 0 Å². The van der Waals surface area contributed by atoms with E-state index in [2.05, 4.69) is 12.2 Å². The Balaban J connectivity index is 1.38. The van der Waals surface area contributed by atoms with Crippen molar-refractivity contribution in [1.29, 1.82) is 0 Å². The molecule has 4 aromatic rings. The van der Waals surface area contributed by atoms with Crippen molar-refractivity contribution in [2.45, 2.75) is 53.1 Å². The molecule has 1 N–H and O–H groups in total. The molecular formula is C31H34N3O5PS. The zero-order valence-corrected chi connectivity index (χ0v) is 25.4. The molecule has 2 heterocycles. The standard InChI is InChI=1S/C31H34N3O5PS/c1-5-24-20(4)34(30(36)23-11-9-8-10-12-23)25-17-18-26-28(27(24)25)32-31(41-26)33-29(35)22-15-13-21(14-16-22)19-40(37,38-6-2)39-7-3/h8-16H,5-7,17-19H2,1-4H3,(H,32,33,35). The Bertz CT molecular complexity index is 1620. The predicted octanol–water partition coefficient (Wildman–Crippen LogP) is 7.29. The highest BCUT2D eigenvalue weighted by Gasteiger charge is 2.31. The first-order valence-electron chi connectivity index (χ1n) is 13.9. The van der Waals surface area contributed by atoms with Gasteiger partial charge in [0.05, 0.1) is 25.1 Å². The number of aromatic nitrogens is 2. The fourth-order valence-electron chi connectivity index (χ4n) is 5.42. The second-order valence-corrected chi connectivity index (χ2v) is 12.9. The number of rotatable bonds is 10. The first kappa shape index (κ1) is 29.1. The summed E-state index contributed by atoms with van der Waals surface area (Å²) < 4.78 is 25.5. The molecule has 214 valence electrons. The summed E-state index contributed by atoms with van der Waals surface area (Å²) in [4.78, 5) is 32.6. The summed E-state index contributed by atoms with van der Waals surface area (Å²) >= 11 is 1.48. The maximum atomic E-state index is 13.5. The molecule has 0 saturated carbocycles. The highest BCUT2D eigenvalue weighted by Crippen LogP contribution is 2.51. The van der Waals surface area contributed by atoms with Gasteiger partial charge in [0.25, 0.3) is 11.8 Å². The van der Waals surface area contributed by atoms with Crippen molar-refractivity contribution in [3.8, 4) is 11.3 Å². The van der Waals surface area contributed by atoms with Gasteiger partial charge in [0.15, 0.2) is 5.13 Å². The molecule has 0 fully saturated rings. The maximum Gasteiger partial charge on any atom is 0.335 e. The van der Waals surface area contributed by atoms with Crippen LogP contribution in [0.1, 0.15) is 68.9 Å². The molecule has 41 heavy (non-hydrogen) atoms. The van der Waals surface area contributed by atoms with Gasteiger partial charge in [-0.2, -0.15) is 0 Å². The second-order valence-electron chi connectivity index (χ2n) is 9.79. The van der Waals surface area contributed by atoms with Gasteiger partial charge in [-0.15, -0.1) is 11.3 Å². The molecule has 8 nitrogen and oxygen atoms in total. The molecule has 2 aromatic carbocycles. The molecule has 10 heteroatoms. The first-order valence-corrected chi connectivity index (χ1v) is 16.4. The number of nitrogens with zero attached hydrogens (tertiary/aromatic N) is 2. The molecule has 0 radical (unpaired) electrons. The summed E-state index contributed by atoms with van der Waals surface area (Å²) in [6.07, 6.45) is 2.39. The minimum absolute atomic E-state index is 0.0337. The summed E-state index contributed by atoms with van der Waals surface area (Å²) in [6, 6.07) is 16.3. The van der Waals surface area contributed by atoms with Gasteiger partial charge in [0.2, 0.25) is 0 Å². The lowest BCUT2D eigenvalue weighted by Crippen LogP contribution is -2.18. The van der Waals surface area contributed by atoms with E-state index in [9.17, 15) is 14.2 Å². The third kappa shape index (κ3) is 5.86. The number of benzene rings is 2. The van der Waals surface area contributed by atoms with Crippen molar-refractivity contribution < 1.29 is 23.2 Å². The van der Waals surface area contributed by atoms with Crippen LogP contribution < -0.4 is 5.32 Å². The van der Waals surface area contributed by atoms with E-state index in [0.29, 0.717) is 29.5 Å². The maximum absolute atomic E-state index is 13.5. The monoisotopic (exact) mass is 591 g/mol. The molecule has 0 saturated heterocycles. The number of hydrogen-bond acceptors (Lipinski definition) is 7. The quantitative estimate of drug-likeness (QED) is 0.195. The highest BCUT2D eigenvalue weighted by atomic mass is 32.1. The van der Waals surface area contributed by atoms with E-state index in [1.807, 2.05) is 41.8 Å². The summed E-state index contributed by atoms with van der Waals surface area (Å²) in [5, 5.41) is 3.48. The molecule has 2 aromatic heterocycles. The Labute approximate surface area is 244 Å². The molecule has 1 aliphatic rings. The zero-order valence-electron chi connectivity index (χ0n) is 23.7. The van der Waals surface area contributed by atoms with Gasteiger partial charge in [-0.25, -0.2) is 4.98 Å². The number of amides is 1. The Morgan fingerprint density at radius 1 is 0.976 bits per heavy atom. The van der Waals surface area contributed by atoms with Crippen molar-refractivity contribution in [3.05, 3.63) is 93.1 Å². The lowest BCUT2D eigenvalue weighted by molar-refractivity contribution is 0.0954. The Morgan fingerprint density at radius 3 is 2.29 bits per heavy atom. The summed E-state index contributed by atoms with van der Waals surface area (Å²) in [6.45, 7) is 8.24. The third-order valence-corrected chi connectivity index (χ3v) is 10.3. The number of nitrogens with one attached hydrogen (secondary N) is 1. The van der Waals surface area contributed by atoms with E-state index in [1.54, 1.807) is 38.1 Å². The SMILES string of the molecule is CCOP(=O)(Cc1ccc(C(=O)Nc2nc3c(s2)CCc2c-3c(CC)c(C)n2C(=O)c2ccccc2)cc1)OCC. The minimum Gasteiger partial charge on any atom is -0.309 e. The molecular weight excluding hydrogens is 557 g/mol. The van der Waals surface area contributed by atoms with Crippen LogP contribution in [0.25, 0.3) is 11.3 Å². The molecule has 5 rings (SSSR count). The number of carbonyl (C=O) groups is 2. The molecule has 0 atom stereocenters. The fourth-order valence-corrected chi connectivity index (χ4v) is 8.08. The predicted molar refractivity (Wildman–Crippen MR) is 162 cm³/mol. The summed E-state index contributed by atoms with van der Waals surface area (Å²) in [5.74, 6) is -0.307. The Morgan fingerprint density at radius 2 is 1.66 bits per heavy atom. The minimum atomic E-state index is -3.23. The summed E-state index contributed by atoms with van der Waals surface area (Å²) in [7, 11) is -3.23. The number of anilines is 1. The molecule has 0 spiro atoms. The van der Waals surface area contributed by atoms with Gasteiger partial charge in [-0.1, -0.05) is 37.3 Å². The van der Waals surface area contributed by atoms with Crippen molar-refractivity contribution in [2.24, 2.45) is 0 Å². The van der Waals surface area contributed by atoms with Gasteiger partial charge in [-0.3, -0.25) is 24.0 Å². The van der Waals surface area contributed by atoms with Crippen LogP contribution >= 0.6 is 18.9 Å². The van der Waals surface area contributed by atoms with Crippen LogP contribution in [0.2, 0.25) is 0 Å². The largest absolute Gasteiger partial charge is 0.335 e. The average Bonchev–Trinajstić information content (AvgIpc) is 3.50. The van der Waals surface area contributed by atoms with Gasteiger partial charge in [0.1, 0.15) is 0 Å². The first-order chi connectivity index (χ1) is 19.8. The van der Waals surface area contributed by atoms with Crippen LogP contribution in [-0.4, -0.2) is 34.6 Å². The third-order valence-electron chi connectivity index (χ3n) is 7.20. The molecule has 1 amide bonds. The van der Waals surface area contributed by atoms with Crippen LogP contribution in [0.5, 0.6) is 0 Å². The lowest BCUT2D eigenvalue weighted by atomic mass is 9.95. The zero-order chi connectivity index (χ0) is 29.1. The van der Waals surface area contributed by atoms with Gasteiger partial charge in [-0.05, 0) is 75.4 Å². The van der Waals surface area contributed by atoms with Crippen molar-refractivity contribution in [3.63, 3.8) is 0 Å². The fraction of sp³-hybridized carbons (Fsp3) is 0.323. The number of thiazole rings is 1. The van der Waals surface area contributed by atoms with E-state index in [-0.39, 0.29) is 18.0 Å². The topological polar surface area (TPSA) is 99.5 Å². The van der Waals surface area contributed by atoms with E-state index < -0.39 is 7.60 Å². The number of hydrogen-bond donors (Lipinski definition) is 1. The average molecular weight is 592 g/mol. The second kappa shape index (κ2) is 12.2. The Kier molecular flexibility index (Phi) is 8.71. The van der Waals surface area contributed by atoms with Crippen molar-refractivity contribution in [2.75, 3.05) is 18.5 Å². The number of fused-ring (bicyclic) bond motifs is 3. The molecule has 0 unspecified atom stereocenters. The van der Waals surface area contributed by atoms with Crippen LogP contribution in [0.3, 0.4) is 0 Å². The van der Waals surface area contributed by atoms with Gasteiger partial charge < -0.3 is 9.05 Å². The highest BCUT2D eigenvalue weighted by molar-refractivity contribution is 7.53. The van der Waals surface area contributed by atoms with Crippen molar-refractivity contribution >= 4 is 35.9 Å². The smallest absolute Gasteiger partial charge is 0.309 e. The van der Waals surface area contributed by atoms with E-state index in [1.165, 1.54) is 11.3 Å². The number of carbonyl (C=O) groups excluding carboxylic acids is 2. The van der Waals surface area contributed by atoms with E-state index in [4.69, 9.17) is 14.0 Å². The van der Waals surface area contributed by atoms with Crippen LogP contribution in [0, 0.1) is 6.92 Å². The normalized spacial score (nSPS) is 12.6. The van der Waals surface area contributed by atoms with Crippen LogP contribution in [0.15, 0.2) is 54.6 Å². The summed E-state index contributed by atoms with van der Waals surface area (Å²) in [5.41, 5.74) is 6.79. The lowest BCUT2D eigenvalue weighted by Gasteiger charge is -2.17. The molecule has 1 aliphatic carbocycles. The molecule has 0 bridgehead atoms. The van der Waals surface area contributed by atoms with Gasteiger partial charge in [0, 0.05) is 33.0 Å². The molecule has 0 aliphatic heterocycles.